The van der Waals surface area contributed by atoms with E-state index >= 15 is 0 Å². The number of carbonyl (C=O) groups excluding carboxylic acids is 1. The van der Waals surface area contributed by atoms with Crippen LogP contribution in [0.15, 0.2) is 48.1 Å². The Labute approximate surface area is 145 Å². The molecule has 25 heavy (non-hydrogen) atoms. The van der Waals surface area contributed by atoms with E-state index in [2.05, 4.69) is 0 Å². The van der Waals surface area contributed by atoms with Gasteiger partial charge in [0.2, 0.25) is 0 Å². The molecule has 5 nitrogen and oxygen atoms in total. The number of ketones is 1. The molecule has 1 atom stereocenters. The average Bonchev–Trinajstić information content (AvgIpc) is 2.57. The molecule has 0 saturated heterocycles. The molecule has 0 radical (unpaired) electrons. The van der Waals surface area contributed by atoms with Crippen LogP contribution in [0.25, 0.3) is 0 Å². The van der Waals surface area contributed by atoms with Crippen molar-refractivity contribution in [3.8, 4) is 0 Å². The zero-order chi connectivity index (χ0) is 19.0. The van der Waals surface area contributed by atoms with Crippen LogP contribution in [0.2, 0.25) is 0 Å². The van der Waals surface area contributed by atoms with Crippen LogP contribution in [0.4, 0.5) is 4.39 Å². The maximum Gasteiger partial charge on any atom is 0.331 e. The van der Waals surface area contributed by atoms with Crippen LogP contribution in [0.5, 0.6) is 0 Å². The van der Waals surface area contributed by atoms with Gasteiger partial charge in [0, 0.05) is 18.4 Å². The Bertz CT molecular complexity index is 720. The highest BCUT2D eigenvalue weighted by Crippen LogP contribution is 2.31. The van der Waals surface area contributed by atoms with Gasteiger partial charge in [0.15, 0.2) is 0 Å². The van der Waals surface area contributed by atoms with Gasteiger partial charge in [-0.15, -0.1) is 0 Å². The molecular weight excluding hydrogens is 327 g/mol. The van der Waals surface area contributed by atoms with Crippen LogP contribution in [0.1, 0.15) is 32.3 Å². The molecule has 1 aromatic rings. The Morgan fingerprint density at radius 2 is 1.84 bits per heavy atom. The highest BCUT2D eigenvalue weighted by molar-refractivity contribution is 5.90. The summed E-state index contributed by atoms with van der Waals surface area (Å²) in [5.74, 6) is -2.29. The molecule has 1 unspecified atom stereocenters. The van der Waals surface area contributed by atoms with Crippen molar-refractivity contribution in [3.05, 3.63) is 59.4 Å². The second-order valence-corrected chi connectivity index (χ2v) is 5.92. The van der Waals surface area contributed by atoms with Crippen molar-refractivity contribution in [2.45, 2.75) is 33.1 Å². The van der Waals surface area contributed by atoms with E-state index in [4.69, 9.17) is 10.2 Å². The maximum absolute atomic E-state index is 12.9. The van der Waals surface area contributed by atoms with E-state index in [1.54, 1.807) is 25.1 Å². The van der Waals surface area contributed by atoms with Gasteiger partial charge in [0.05, 0.1) is 5.41 Å². The fourth-order valence-corrected chi connectivity index (χ4v) is 2.16. The number of hydrogen-bond donors (Lipinski definition) is 2. The molecule has 1 aliphatic carbocycles. The van der Waals surface area contributed by atoms with Gasteiger partial charge < -0.3 is 10.2 Å². The molecule has 134 valence electrons. The molecule has 0 bridgehead atoms. The molecule has 0 aliphatic heterocycles. The summed E-state index contributed by atoms with van der Waals surface area (Å²) in [6, 6.07) is 6.37. The van der Waals surface area contributed by atoms with Crippen LogP contribution >= 0.6 is 0 Å². The zero-order valence-corrected chi connectivity index (χ0v) is 14.2. The molecule has 6 heteroatoms. The molecule has 0 saturated carbocycles. The van der Waals surface area contributed by atoms with Gasteiger partial charge >= 0.3 is 11.9 Å². The highest BCUT2D eigenvalue weighted by Gasteiger charge is 2.34. The summed E-state index contributed by atoms with van der Waals surface area (Å²) in [6.07, 6.45) is 5.11. The third-order valence-electron chi connectivity index (χ3n) is 3.82. The lowest BCUT2D eigenvalue weighted by Gasteiger charge is -2.23. The number of aliphatic carboxylic acids is 2. The normalized spacial score (nSPS) is 18.6. The molecule has 1 aromatic carbocycles. The first-order valence-corrected chi connectivity index (χ1v) is 7.79. The summed E-state index contributed by atoms with van der Waals surface area (Å²) in [5, 5.41) is 17.5. The van der Waals surface area contributed by atoms with E-state index in [0.717, 1.165) is 0 Å². The lowest BCUT2D eigenvalue weighted by molar-refractivity contribution is -0.145. The molecule has 0 heterocycles. The second-order valence-electron chi connectivity index (χ2n) is 5.92. The lowest BCUT2D eigenvalue weighted by atomic mass is 9.80. The topological polar surface area (TPSA) is 91.7 Å². The SMILES string of the molecule is CC1(C(=O)O)C=CC=C(C(=O)O)C1.CCC(=O)Cc1ccccc1F. The molecule has 1 aliphatic rings. The summed E-state index contributed by atoms with van der Waals surface area (Å²) in [6.45, 7) is 3.28. The van der Waals surface area contributed by atoms with E-state index in [1.807, 2.05) is 0 Å². The van der Waals surface area contributed by atoms with Gasteiger partial charge in [0.25, 0.3) is 0 Å². The number of Topliss-reactive ketones (excluding diaryl/α,β-unsaturated/α-hetero) is 1. The van der Waals surface area contributed by atoms with Crippen molar-refractivity contribution >= 4 is 17.7 Å². The van der Waals surface area contributed by atoms with E-state index in [0.29, 0.717) is 12.0 Å². The Hall–Kier alpha value is -2.76. The van der Waals surface area contributed by atoms with Gasteiger partial charge in [0.1, 0.15) is 11.6 Å². The fraction of sp³-hybridized carbons (Fsp3) is 0.316. The van der Waals surface area contributed by atoms with E-state index < -0.39 is 17.4 Å². The van der Waals surface area contributed by atoms with E-state index in [1.165, 1.54) is 31.2 Å². The van der Waals surface area contributed by atoms with Crippen molar-refractivity contribution in [1.29, 1.82) is 0 Å². The van der Waals surface area contributed by atoms with Crippen molar-refractivity contribution in [2.75, 3.05) is 0 Å². The molecule has 0 spiro atoms. The first kappa shape index (κ1) is 20.3. The fourth-order valence-electron chi connectivity index (χ4n) is 2.16. The van der Waals surface area contributed by atoms with Crippen molar-refractivity contribution in [1.82, 2.24) is 0 Å². The number of allylic oxidation sites excluding steroid dienone is 2. The second kappa shape index (κ2) is 8.92. The molecule has 0 aromatic heterocycles. The molecule has 2 N–H and O–H groups in total. The minimum Gasteiger partial charge on any atom is -0.481 e. The summed E-state index contributed by atoms with van der Waals surface area (Å²) >= 11 is 0. The standard InChI is InChI=1S/C10H11FO.C9H10O4/c1-2-9(12)7-8-5-3-4-6-10(8)11;1-9(8(12)13)4-2-3-6(5-9)7(10)11/h3-6H,2,7H2,1H3;2-4H,5H2,1H3,(H,10,11)(H,12,13). The molecule has 2 rings (SSSR count). The highest BCUT2D eigenvalue weighted by atomic mass is 19.1. The van der Waals surface area contributed by atoms with Crippen molar-refractivity contribution in [3.63, 3.8) is 0 Å². The number of hydrogen-bond acceptors (Lipinski definition) is 3. The van der Waals surface area contributed by atoms with Crippen molar-refractivity contribution in [2.24, 2.45) is 5.41 Å². The molecule has 0 amide bonds. The maximum atomic E-state index is 12.9. The Kier molecular flexibility index (Phi) is 7.23. The number of carboxylic acid groups (broad SMARTS) is 2. The predicted octanol–water partition coefficient (Wildman–Crippen LogP) is 3.40. The number of carbonyl (C=O) groups is 3. The van der Waals surface area contributed by atoms with Gasteiger partial charge in [-0.25, -0.2) is 9.18 Å². The van der Waals surface area contributed by atoms with Gasteiger partial charge in [-0.1, -0.05) is 43.4 Å². The van der Waals surface area contributed by atoms with Gasteiger partial charge in [-0.05, 0) is 25.0 Å². The number of rotatable bonds is 5. The van der Waals surface area contributed by atoms with E-state index in [-0.39, 0.29) is 30.0 Å². The summed E-state index contributed by atoms with van der Waals surface area (Å²) in [7, 11) is 0. The minimum atomic E-state index is -1.08. The first-order chi connectivity index (χ1) is 11.7. The predicted molar refractivity (Wildman–Crippen MR) is 90.6 cm³/mol. The average molecular weight is 348 g/mol. The largest absolute Gasteiger partial charge is 0.481 e. The smallest absolute Gasteiger partial charge is 0.331 e. The van der Waals surface area contributed by atoms with Crippen molar-refractivity contribution < 1.29 is 29.0 Å². The molecular formula is C19H21FO5. The minimum absolute atomic E-state index is 0.0359. The summed E-state index contributed by atoms with van der Waals surface area (Å²) < 4.78 is 12.9. The summed E-state index contributed by atoms with van der Waals surface area (Å²) in [4.78, 5) is 32.3. The van der Waals surface area contributed by atoms with Crippen LogP contribution in [0.3, 0.4) is 0 Å². The Balaban J connectivity index is 0.000000251. The number of carboxylic acids is 2. The first-order valence-electron chi connectivity index (χ1n) is 7.79. The number of halogens is 1. The van der Waals surface area contributed by atoms with Crippen LogP contribution < -0.4 is 0 Å². The third kappa shape index (κ3) is 5.99. The number of benzene rings is 1. The van der Waals surface area contributed by atoms with E-state index in [9.17, 15) is 18.8 Å². The van der Waals surface area contributed by atoms with Crippen LogP contribution in [0, 0.1) is 11.2 Å². The monoisotopic (exact) mass is 348 g/mol. The van der Waals surface area contributed by atoms with Crippen LogP contribution in [-0.4, -0.2) is 27.9 Å². The Morgan fingerprint density at radius 1 is 1.20 bits per heavy atom. The Morgan fingerprint density at radius 3 is 2.36 bits per heavy atom. The zero-order valence-electron chi connectivity index (χ0n) is 14.2. The summed E-state index contributed by atoms with van der Waals surface area (Å²) in [5.41, 5.74) is -0.459. The molecule has 0 fully saturated rings. The third-order valence-corrected chi connectivity index (χ3v) is 3.82. The quantitative estimate of drug-likeness (QED) is 0.851. The lowest BCUT2D eigenvalue weighted by Crippen LogP contribution is -2.28. The van der Waals surface area contributed by atoms with Gasteiger partial charge in [-0.2, -0.15) is 0 Å². The van der Waals surface area contributed by atoms with Crippen LogP contribution in [-0.2, 0) is 20.8 Å². The van der Waals surface area contributed by atoms with Gasteiger partial charge in [-0.3, -0.25) is 9.59 Å².